The molecule has 4 rings (SSSR count). The van der Waals surface area contributed by atoms with Gasteiger partial charge in [0.05, 0.1) is 18.2 Å². The highest BCUT2D eigenvalue weighted by molar-refractivity contribution is 6.31. The van der Waals surface area contributed by atoms with Gasteiger partial charge in [-0.05, 0) is 49.2 Å². The van der Waals surface area contributed by atoms with E-state index < -0.39 is 11.8 Å². The van der Waals surface area contributed by atoms with Gasteiger partial charge in [0.25, 0.3) is 0 Å². The first-order valence-corrected chi connectivity index (χ1v) is 10.8. The number of carbonyl (C=O) groups is 1. The highest BCUT2D eigenvalue weighted by atomic mass is 35.5. The van der Waals surface area contributed by atoms with Crippen LogP contribution in [0.3, 0.4) is 0 Å². The van der Waals surface area contributed by atoms with Crippen LogP contribution in [-0.2, 0) is 4.74 Å². The van der Waals surface area contributed by atoms with E-state index in [0.717, 1.165) is 36.0 Å². The Morgan fingerprint density at radius 1 is 1.12 bits per heavy atom. The van der Waals surface area contributed by atoms with Crippen LogP contribution in [0.4, 0.5) is 15.9 Å². The van der Waals surface area contributed by atoms with Gasteiger partial charge in [-0.15, -0.1) is 0 Å². The Morgan fingerprint density at radius 2 is 1.91 bits per heavy atom. The summed E-state index contributed by atoms with van der Waals surface area (Å²) in [6.45, 7) is 1.29. The molecule has 4 aromatic rings. The zero-order valence-electron chi connectivity index (χ0n) is 17.9. The molecule has 2 aromatic heterocycles. The van der Waals surface area contributed by atoms with Crippen LogP contribution in [0.5, 0.6) is 0 Å². The summed E-state index contributed by atoms with van der Waals surface area (Å²) in [5, 5.41) is 12.1. The van der Waals surface area contributed by atoms with E-state index in [1.54, 1.807) is 18.3 Å². The molecule has 0 aliphatic rings. The number of carbonyl (C=O) groups excluding carboxylic acids is 1. The van der Waals surface area contributed by atoms with Crippen LogP contribution in [0.2, 0.25) is 5.02 Å². The third kappa shape index (κ3) is 5.06. The molecule has 0 fully saturated rings. The van der Waals surface area contributed by atoms with Gasteiger partial charge in [0, 0.05) is 35.4 Å². The van der Waals surface area contributed by atoms with E-state index in [0.29, 0.717) is 11.6 Å². The van der Waals surface area contributed by atoms with Crippen LogP contribution in [-0.4, -0.2) is 36.3 Å². The van der Waals surface area contributed by atoms with E-state index in [4.69, 9.17) is 20.9 Å². The molecule has 0 atom stereocenters. The molecule has 2 heterocycles. The maximum Gasteiger partial charge on any atom is 0.345 e. The maximum absolute atomic E-state index is 14.2. The maximum atomic E-state index is 14.2. The Hall–Kier alpha value is -3.65. The fourth-order valence-electron chi connectivity index (χ4n) is 3.49. The quantitative estimate of drug-likeness (QED) is 0.238. The number of pyridine rings is 1. The van der Waals surface area contributed by atoms with Crippen LogP contribution in [0.15, 0.2) is 59.3 Å². The van der Waals surface area contributed by atoms with Gasteiger partial charge in [-0.2, -0.15) is 0 Å². The fourth-order valence-corrected chi connectivity index (χ4v) is 3.65. The van der Waals surface area contributed by atoms with Gasteiger partial charge in [-0.1, -0.05) is 28.9 Å². The van der Waals surface area contributed by atoms with Crippen LogP contribution in [0.1, 0.15) is 23.2 Å². The minimum Gasteiger partial charge on any atom is -0.465 e. The summed E-state index contributed by atoms with van der Waals surface area (Å²) in [7, 11) is 1.26. The number of ether oxygens (including phenoxy) is 1. The van der Waals surface area contributed by atoms with Crippen molar-refractivity contribution >= 4 is 40.0 Å². The fraction of sp³-hybridized carbons (Fsp3) is 0.208. The first-order valence-electron chi connectivity index (χ1n) is 10.4. The van der Waals surface area contributed by atoms with E-state index in [1.807, 2.05) is 24.3 Å². The largest absolute Gasteiger partial charge is 0.465 e. The van der Waals surface area contributed by atoms with E-state index in [-0.39, 0.29) is 22.7 Å². The van der Waals surface area contributed by atoms with Gasteiger partial charge in [-0.3, -0.25) is 4.98 Å². The Balaban J connectivity index is 1.35. The van der Waals surface area contributed by atoms with Gasteiger partial charge >= 0.3 is 5.97 Å². The second-order valence-electron chi connectivity index (χ2n) is 7.29. The summed E-state index contributed by atoms with van der Waals surface area (Å²) in [5.74, 6) is -0.899. The molecular weight excluding hydrogens is 447 g/mol. The second-order valence-corrected chi connectivity index (χ2v) is 7.72. The van der Waals surface area contributed by atoms with Gasteiger partial charge in [0.2, 0.25) is 0 Å². The average Bonchev–Trinajstić information content (AvgIpc) is 3.24. The molecule has 7 nitrogen and oxygen atoms in total. The van der Waals surface area contributed by atoms with Crippen molar-refractivity contribution in [2.75, 3.05) is 30.8 Å². The molecule has 0 radical (unpaired) electrons. The van der Waals surface area contributed by atoms with Crippen molar-refractivity contribution in [3.63, 3.8) is 0 Å². The number of methoxy groups -OCH3 is 1. The molecule has 170 valence electrons. The number of halogens is 2. The Kier molecular flexibility index (Phi) is 7.04. The number of fused-ring (bicyclic) bond motifs is 1. The van der Waals surface area contributed by atoms with E-state index in [9.17, 15) is 9.18 Å². The molecule has 2 aromatic carbocycles. The lowest BCUT2D eigenvalue weighted by atomic mass is 10.1. The summed E-state index contributed by atoms with van der Waals surface area (Å²) in [4.78, 5) is 16.7. The highest BCUT2D eigenvalue weighted by Gasteiger charge is 2.26. The van der Waals surface area contributed by atoms with Crippen molar-refractivity contribution < 1.29 is 18.4 Å². The lowest BCUT2D eigenvalue weighted by Gasteiger charge is -2.10. The monoisotopic (exact) mass is 468 g/mol. The number of anilines is 2. The molecule has 0 aliphatic heterocycles. The topological polar surface area (TPSA) is 89.3 Å². The molecule has 0 amide bonds. The van der Waals surface area contributed by atoms with Crippen molar-refractivity contribution in [2.24, 2.45) is 0 Å². The zero-order valence-corrected chi connectivity index (χ0v) is 18.7. The van der Waals surface area contributed by atoms with E-state index >= 15 is 0 Å². The summed E-state index contributed by atoms with van der Waals surface area (Å²) >= 11 is 6.04. The summed E-state index contributed by atoms with van der Waals surface area (Å²) < 4.78 is 24.3. The molecule has 0 saturated heterocycles. The molecule has 0 bridgehead atoms. The zero-order chi connectivity index (χ0) is 23.2. The van der Waals surface area contributed by atoms with E-state index in [2.05, 4.69) is 20.8 Å². The van der Waals surface area contributed by atoms with Crippen molar-refractivity contribution in [1.82, 2.24) is 10.1 Å². The number of nitrogens with zero attached hydrogens (tertiary/aromatic N) is 2. The lowest BCUT2D eigenvalue weighted by molar-refractivity contribution is 0.0602. The van der Waals surface area contributed by atoms with Crippen LogP contribution < -0.4 is 10.6 Å². The number of nitrogens with one attached hydrogen (secondary N) is 2. The minimum atomic E-state index is -0.650. The smallest absolute Gasteiger partial charge is 0.345 e. The predicted octanol–water partition coefficient (Wildman–Crippen LogP) is 5.77. The molecule has 0 spiro atoms. The number of rotatable bonds is 9. The van der Waals surface area contributed by atoms with E-state index in [1.165, 1.54) is 19.2 Å². The van der Waals surface area contributed by atoms with Gasteiger partial charge in [-0.25, -0.2) is 9.18 Å². The Morgan fingerprint density at radius 3 is 2.70 bits per heavy atom. The molecule has 0 unspecified atom stereocenters. The molecule has 2 N–H and O–H groups in total. The van der Waals surface area contributed by atoms with Gasteiger partial charge in [0.1, 0.15) is 5.82 Å². The Labute approximate surface area is 194 Å². The number of hydrogen-bond acceptors (Lipinski definition) is 7. The van der Waals surface area contributed by atoms with Crippen molar-refractivity contribution in [3.05, 3.63) is 71.1 Å². The predicted molar refractivity (Wildman–Crippen MR) is 126 cm³/mol. The first-order chi connectivity index (χ1) is 16.1. The summed E-state index contributed by atoms with van der Waals surface area (Å²) in [5.41, 5.74) is 2.04. The summed E-state index contributed by atoms with van der Waals surface area (Å²) in [6.07, 6.45) is 3.40. The standard InChI is InChI=1S/C24H22ClFN4O3/c1-32-24(31)21-22(16-6-2-3-7-18(16)26)33-30-23(21)29-12-5-4-11-27-19-10-13-28-20-14-15(25)8-9-17(19)20/h2-3,6-10,13-14H,4-5,11-12H2,1H3,(H,27,28)(H,29,30). The first kappa shape index (κ1) is 22.5. The molecule has 9 heteroatoms. The lowest BCUT2D eigenvalue weighted by Crippen LogP contribution is -2.10. The number of aromatic nitrogens is 2. The van der Waals surface area contributed by atoms with Crippen molar-refractivity contribution in [1.29, 1.82) is 0 Å². The number of hydrogen-bond donors (Lipinski definition) is 2. The SMILES string of the molecule is COC(=O)c1c(NCCCCNc2ccnc3cc(Cl)ccc23)noc1-c1ccccc1F. The molecule has 0 saturated carbocycles. The van der Waals surface area contributed by atoms with Crippen molar-refractivity contribution in [3.8, 4) is 11.3 Å². The second kappa shape index (κ2) is 10.3. The third-order valence-corrected chi connectivity index (χ3v) is 5.35. The van der Waals surface area contributed by atoms with Crippen LogP contribution in [0.25, 0.3) is 22.2 Å². The normalized spacial score (nSPS) is 10.9. The van der Waals surface area contributed by atoms with Crippen LogP contribution >= 0.6 is 11.6 Å². The summed E-state index contributed by atoms with van der Waals surface area (Å²) in [6, 6.07) is 13.6. The van der Waals surface area contributed by atoms with Gasteiger partial charge < -0.3 is 19.9 Å². The minimum absolute atomic E-state index is 0.0359. The average molecular weight is 469 g/mol. The highest BCUT2D eigenvalue weighted by Crippen LogP contribution is 2.31. The number of benzene rings is 2. The van der Waals surface area contributed by atoms with Gasteiger partial charge in [0.15, 0.2) is 17.1 Å². The molecule has 0 aliphatic carbocycles. The third-order valence-electron chi connectivity index (χ3n) is 5.12. The molecule has 33 heavy (non-hydrogen) atoms. The van der Waals surface area contributed by atoms with Crippen LogP contribution in [0, 0.1) is 5.82 Å². The number of esters is 1. The number of unbranched alkanes of at least 4 members (excludes halogenated alkanes) is 1. The van der Waals surface area contributed by atoms with Crippen molar-refractivity contribution in [2.45, 2.75) is 12.8 Å². The Bertz CT molecular complexity index is 1280. The molecular formula is C24H22ClFN4O3.